The fourth-order valence-corrected chi connectivity index (χ4v) is 1.69. The minimum Gasteiger partial charge on any atom is -0.296 e. The Labute approximate surface area is 90.7 Å². The molecule has 0 bridgehead atoms. The maximum atomic E-state index is 10.8. The third-order valence-corrected chi connectivity index (χ3v) is 2.43. The van der Waals surface area contributed by atoms with Crippen LogP contribution in [0.15, 0.2) is 0 Å². The number of carbonyl (C=O) groups is 1. The molecule has 1 rings (SSSR count). The van der Waals surface area contributed by atoms with Gasteiger partial charge >= 0.3 is 0 Å². The molecule has 0 aliphatic heterocycles. The summed E-state index contributed by atoms with van der Waals surface area (Å²) in [4.78, 5) is 10.8. The van der Waals surface area contributed by atoms with Crippen molar-refractivity contribution < 1.29 is 4.79 Å². The number of hydrogen-bond donors (Lipinski definition) is 0. The average Bonchev–Trinajstić information content (AvgIpc) is 2.61. The van der Waals surface area contributed by atoms with Gasteiger partial charge in [0.15, 0.2) is 6.29 Å². The number of nitrogens with zero attached hydrogens (tertiary/aromatic N) is 3. The summed E-state index contributed by atoms with van der Waals surface area (Å²) < 4.78 is 1.87. The Hall–Kier alpha value is -1.19. The summed E-state index contributed by atoms with van der Waals surface area (Å²) in [5.74, 6) is 0.293. The minimum absolute atomic E-state index is 0.293. The molecule has 0 amide bonds. The summed E-state index contributed by atoms with van der Waals surface area (Å²) in [5.41, 5.74) is 1.45. The van der Waals surface area contributed by atoms with Gasteiger partial charge in [0.2, 0.25) is 0 Å². The summed E-state index contributed by atoms with van der Waals surface area (Å²) in [5, 5.41) is 7.89. The number of aryl methyl sites for hydroxylation is 1. The van der Waals surface area contributed by atoms with Gasteiger partial charge in [0.1, 0.15) is 5.69 Å². The predicted octanol–water partition coefficient (Wildman–Crippen LogP) is 2.40. The van der Waals surface area contributed by atoms with Crippen LogP contribution in [-0.4, -0.2) is 21.3 Å². The number of unbranched alkanes of at least 4 members (excludes halogenated alkanes) is 2. The zero-order valence-corrected chi connectivity index (χ0v) is 9.73. The maximum absolute atomic E-state index is 10.8. The summed E-state index contributed by atoms with van der Waals surface area (Å²) in [6, 6.07) is 0. The monoisotopic (exact) mass is 209 g/mol. The van der Waals surface area contributed by atoms with Crippen LogP contribution in [0, 0.1) is 0 Å². The Bertz CT molecular complexity index is 318. The van der Waals surface area contributed by atoms with Crippen LogP contribution in [0.3, 0.4) is 0 Å². The average molecular weight is 209 g/mol. The molecule has 0 atom stereocenters. The van der Waals surface area contributed by atoms with Gasteiger partial charge in [-0.1, -0.05) is 38.8 Å². The second kappa shape index (κ2) is 5.63. The van der Waals surface area contributed by atoms with Crippen LogP contribution >= 0.6 is 0 Å². The summed E-state index contributed by atoms with van der Waals surface area (Å²) >= 11 is 0. The first-order chi connectivity index (χ1) is 7.20. The number of aromatic nitrogens is 3. The van der Waals surface area contributed by atoms with Crippen molar-refractivity contribution in [3.8, 4) is 0 Å². The first kappa shape index (κ1) is 11.9. The smallest absolute Gasteiger partial charge is 0.172 e. The highest BCUT2D eigenvalue weighted by molar-refractivity contribution is 5.73. The Balaban J connectivity index is 2.78. The van der Waals surface area contributed by atoms with Crippen molar-refractivity contribution in [3.05, 3.63) is 11.4 Å². The molecule has 1 heterocycles. The molecule has 0 spiro atoms. The first-order valence-corrected chi connectivity index (χ1v) is 5.59. The van der Waals surface area contributed by atoms with Gasteiger partial charge in [-0.05, 0) is 12.3 Å². The summed E-state index contributed by atoms with van der Waals surface area (Å²) in [7, 11) is 0. The molecule has 0 saturated carbocycles. The van der Waals surface area contributed by atoms with Gasteiger partial charge in [-0.25, -0.2) is 4.68 Å². The van der Waals surface area contributed by atoms with Crippen LogP contribution in [0.1, 0.15) is 62.1 Å². The fraction of sp³-hybridized carbons (Fsp3) is 0.727. The van der Waals surface area contributed by atoms with Gasteiger partial charge in [-0.3, -0.25) is 4.79 Å². The van der Waals surface area contributed by atoms with Gasteiger partial charge < -0.3 is 0 Å². The lowest BCUT2D eigenvalue weighted by molar-refractivity contribution is 0.111. The first-order valence-electron chi connectivity index (χ1n) is 5.59. The number of aldehydes is 1. The Morgan fingerprint density at radius 3 is 2.67 bits per heavy atom. The van der Waals surface area contributed by atoms with Gasteiger partial charge in [0, 0.05) is 6.54 Å². The molecule has 0 radical (unpaired) electrons. The van der Waals surface area contributed by atoms with E-state index >= 15 is 0 Å². The van der Waals surface area contributed by atoms with E-state index < -0.39 is 0 Å². The molecular weight excluding hydrogens is 190 g/mol. The van der Waals surface area contributed by atoms with Crippen LogP contribution in [-0.2, 0) is 6.54 Å². The molecule has 1 aromatic heterocycles. The largest absolute Gasteiger partial charge is 0.296 e. The molecule has 15 heavy (non-hydrogen) atoms. The highest BCUT2D eigenvalue weighted by Gasteiger charge is 2.14. The van der Waals surface area contributed by atoms with Crippen molar-refractivity contribution in [1.29, 1.82) is 0 Å². The van der Waals surface area contributed by atoms with E-state index in [-0.39, 0.29) is 0 Å². The quantitative estimate of drug-likeness (QED) is 0.534. The summed E-state index contributed by atoms with van der Waals surface area (Å²) in [6.45, 7) is 7.15. The Morgan fingerprint density at radius 1 is 1.40 bits per heavy atom. The molecule has 0 aromatic carbocycles. The van der Waals surface area contributed by atoms with Gasteiger partial charge in [-0.2, -0.15) is 0 Å². The Kier molecular flexibility index (Phi) is 4.46. The lowest BCUT2D eigenvalue weighted by atomic mass is 10.1. The zero-order valence-electron chi connectivity index (χ0n) is 9.73. The SMILES string of the molecule is CCCCCn1nnc(C=O)c1C(C)C. The molecule has 4 nitrogen and oxygen atoms in total. The second-order valence-corrected chi connectivity index (χ2v) is 4.06. The van der Waals surface area contributed by atoms with E-state index in [9.17, 15) is 4.79 Å². The van der Waals surface area contributed by atoms with Crippen LogP contribution in [0.5, 0.6) is 0 Å². The molecule has 0 aliphatic carbocycles. The van der Waals surface area contributed by atoms with E-state index in [4.69, 9.17) is 0 Å². The zero-order chi connectivity index (χ0) is 11.3. The van der Waals surface area contributed by atoms with Crippen molar-refractivity contribution >= 4 is 6.29 Å². The van der Waals surface area contributed by atoms with Crippen LogP contribution in [0.2, 0.25) is 0 Å². The Morgan fingerprint density at radius 2 is 2.13 bits per heavy atom. The number of rotatable bonds is 6. The number of hydrogen-bond acceptors (Lipinski definition) is 3. The third kappa shape index (κ3) is 2.88. The topological polar surface area (TPSA) is 47.8 Å². The standard InChI is InChI=1S/C11H19N3O/c1-4-5-6-7-14-11(9(2)3)10(8-15)12-13-14/h8-9H,4-7H2,1-3H3. The molecule has 0 unspecified atom stereocenters. The molecule has 0 saturated heterocycles. The molecule has 0 fully saturated rings. The number of carbonyl (C=O) groups excluding carboxylic acids is 1. The van der Waals surface area contributed by atoms with Crippen LogP contribution in [0.25, 0.3) is 0 Å². The fourth-order valence-electron chi connectivity index (χ4n) is 1.69. The minimum atomic E-state index is 0.293. The molecule has 84 valence electrons. The van der Waals surface area contributed by atoms with E-state index in [1.165, 1.54) is 12.8 Å². The maximum Gasteiger partial charge on any atom is 0.172 e. The van der Waals surface area contributed by atoms with Gasteiger partial charge in [0.25, 0.3) is 0 Å². The lowest BCUT2D eigenvalue weighted by Crippen LogP contribution is -2.07. The van der Waals surface area contributed by atoms with E-state index in [0.717, 1.165) is 24.9 Å². The molecular formula is C11H19N3O. The van der Waals surface area contributed by atoms with E-state index in [2.05, 4.69) is 31.1 Å². The molecule has 1 aromatic rings. The lowest BCUT2D eigenvalue weighted by Gasteiger charge is -2.08. The van der Waals surface area contributed by atoms with Crippen molar-refractivity contribution in [2.75, 3.05) is 0 Å². The van der Waals surface area contributed by atoms with E-state index in [1.807, 2.05) is 4.68 Å². The van der Waals surface area contributed by atoms with Crippen molar-refractivity contribution in [2.24, 2.45) is 0 Å². The third-order valence-electron chi connectivity index (χ3n) is 2.43. The summed E-state index contributed by atoms with van der Waals surface area (Å²) in [6.07, 6.45) is 4.26. The predicted molar refractivity (Wildman–Crippen MR) is 59.0 cm³/mol. The van der Waals surface area contributed by atoms with Gasteiger partial charge in [-0.15, -0.1) is 5.10 Å². The molecule has 0 aliphatic rings. The van der Waals surface area contributed by atoms with E-state index in [1.54, 1.807) is 0 Å². The highest BCUT2D eigenvalue weighted by Crippen LogP contribution is 2.16. The second-order valence-electron chi connectivity index (χ2n) is 4.06. The van der Waals surface area contributed by atoms with Crippen molar-refractivity contribution in [1.82, 2.24) is 15.0 Å². The highest BCUT2D eigenvalue weighted by atomic mass is 16.1. The van der Waals surface area contributed by atoms with Crippen molar-refractivity contribution in [3.63, 3.8) is 0 Å². The van der Waals surface area contributed by atoms with Gasteiger partial charge in [0.05, 0.1) is 5.69 Å². The van der Waals surface area contributed by atoms with Crippen LogP contribution < -0.4 is 0 Å². The van der Waals surface area contributed by atoms with Crippen molar-refractivity contribution in [2.45, 2.75) is 52.5 Å². The van der Waals surface area contributed by atoms with E-state index in [0.29, 0.717) is 11.6 Å². The molecule has 4 heteroatoms. The van der Waals surface area contributed by atoms with Crippen LogP contribution in [0.4, 0.5) is 0 Å². The normalized spacial score (nSPS) is 10.9. The molecule has 0 N–H and O–H groups in total.